The van der Waals surface area contributed by atoms with Crippen LogP contribution in [0.5, 0.6) is 0 Å². The monoisotopic (exact) mass is 144 g/mol. The van der Waals surface area contributed by atoms with E-state index in [4.69, 9.17) is 4.94 Å². The predicted octanol–water partition coefficient (Wildman–Crippen LogP) is 0.901. The second-order valence-corrected chi connectivity index (χ2v) is 2.42. The maximum atomic E-state index is 5.20. The van der Waals surface area contributed by atoms with E-state index in [1.165, 1.54) is 0 Å². The Morgan fingerprint density at radius 1 is 1.40 bits per heavy atom. The van der Waals surface area contributed by atoms with Gasteiger partial charge in [-0.05, 0) is 6.92 Å². The van der Waals surface area contributed by atoms with Crippen molar-refractivity contribution < 1.29 is 4.94 Å². The standard InChI is InChI=1S/C7H16N2O/c1-6-7(2)9(5)10-8(3)4/h6-7H,1H2,2-5H3. The van der Waals surface area contributed by atoms with E-state index in [1.807, 2.05) is 34.1 Å². The van der Waals surface area contributed by atoms with Gasteiger partial charge in [0.1, 0.15) is 0 Å². The summed E-state index contributed by atoms with van der Waals surface area (Å²) in [5, 5.41) is 3.37. The third-order valence-corrected chi connectivity index (χ3v) is 1.21. The van der Waals surface area contributed by atoms with Gasteiger partial charge in [-0.25, -0.2) is 4.94 Å². The third-order valence-electron chi connectivity index (χ3n) is 1.21. The molecule has 10 heavy (non-hydrogen) atoms. The van der Waals surface area contributed by atoms with Crippen LogP contribution in [-0.4, -0.2) is 37.3 Å². The van der Waals surface area contributed by atoms with Gasteiger partial charge >= 0.3 is 0 Å². The summed E-state index contributed by atoms with van der Waals surface area (Å²) in [6.07, 6.45) is 1.82. The van der Waals surface area contributed by atoms with Crippen LogP contribution in [0.4, 0.5) is 0 Å². The predicted molar refractivity (Wildman–Crippen MR) is 42.2 cm³/mol. The molecule has 3 heteroatoms. The molecule has 0 aliphatic rings. The van der Waals surface area contributed by atoms with Crippen LogP contribution >= 0.6 is 0 Å². The third kappa shape index (κ3) is 3.61. The number of hydrogen-bond acceptors (Lipinski definition) is 3. The summed E-state index contributed by atoms with van der Waals surface area (Å²) in [6, 6.07) is 0.238. The van der Waals surface area contributed by atoms with E-state index >= 15 is 0 Å². The molecule has 0 radical (unpaired) electrons. The highest BCUT2D eigenvalue weighted by molar-refractivity contribution is 4.78. The van der Waals surface area contributed by atoms with E-state index < -0.39 is 0 Å². The quantitative estimate of drug-likeness (QED) is 0.430. The maximum Gasteiger partial charge on any atom is 0.0517 e. The van der Waals surface area contributed by atoms with E-state index in [0.29, 0.717) is 0 Å². The van der Waals surface area contributed by atoms with Crippen molar-refractivity contribution in [1.82, 2.24) is 10.1 Å². The number of hydroxylamine groups is 4. The van der Waals surface area contributed by atoms with Crippen molar-refractivity contribution in [1.29, 1.82) is 0 Å². The Hall–Kier alpha value is -0.380. The topological polar surface area (TPSA) is 15.7 Å². The summed E-state index contributed by atoms with van der Waals surface area (Å²) in [4.78, 5) is 5.20. The Labute approximate surface area is 62.8 Å². The molecule has 0 heterocycles. The molecule has 60 valence electrons. The lowest BCUT2D eigenvalue weighted by Crippen LogP contribution is -2.33. The fourth-order valence-electron chi connectivity index (χ4n) is 0.480. The van der Waals surface area contributed by atoms with Crippen molar-refractivity contribution in [3.05, 3.63) is 12.7 Å². The van der Waals surface area contributed by atoms with E-state index in [0.717, 1.165) is 0 Å². The van der Waals surface area contributed by atoms with Crippen molar-refractivity contribution in [3.63, 3.8) is 0 Å². The molecule has 0 bridgehead atoms. The molecule has 0 spiro atoms. The summed E-state index contributed by atoms with van der Waals surface area (Å²) in [7, 11) is 5.55. The molecule has 0 amide bonds. The number of likely N-dealkylation sites (N-methyl/N-ethyl adjacent to an activating group) is 1. The summed E-state index contributed by atoms with van der Waals surface area (Å²) >= 11 is 0. The van der Waals surface area contributed by atoms with Gasteiger partial charge in [0.15, 0.2) is 0 Å². The number of hydrogen-bond donors (Lipinski definition) is 0. The van der Waals surface area contributed by atoms with Gasteiger partial charge in [-0.15, -0.1) is 6.58 Å². The Balaban J connectivity index is 3.60. The van der Waals surface area contributed by atoms with Crippen LogP contribution in [0.3, 0.4) is 0 Å². The molecule has 0 saturated heterocycles. The van der Waals surface area contributed by atoms with Crippen LogP contribution in [0.2, 0.25) is 0 Å². The molecule has 0 aromatic heterocycles. The number of rotatable bonds is 4. The van der Waals surface area contributed by atoms with E-state index in [9.17, 15) is 0 Å². The van der Waals surface area contributed by atoms with E-state index in [-0.39, 0.29) is 6.04 Å². The van der Waals surface area contributed by atoms with Gasteiger partial charge in [-0.2, -0.15) is 10.1 Å². The van der Waals surface area contributed by atoms with Crippen LogP contribution in [0.25, 0.3) is 0 Å². The Morgan fingerprint density at radius 3 is 2.20 bits per heavy atom. The zero-order valence-corrected chi connectivity index (χ0v) is 7.16. The molecule has 0 aliphatic carbocycles. The zero-order valence-electron chi connectivity index (χ0n) is 7.16. The van der Waals surface area contributed by atoms with Gasteiger partial charge in [-0.3, -0.25) is 0 Å². The smallest absolute Gasteiger partial charge is 0.0517 e. The molecule has 0 aromatic carbocycles. The maximum absolute atomic E-state index is 5.20. The summed E-state index contributed by atoms with van der Waals surface area (Å²) in [5.74, 6) is 0. The highest BCUT2D eigenvalue weighted by Crippen LogP contribution is 1.97. The van der Waals surface area contributed by atoms with Gasteiger partial charge in [0.05, 0.1) is 6.04 Å². The van der Waals surface area contributed by atoms with E-state index in [2.05, 4.69) is 6.58 Å². The molecule has 0 aliphatic heterocycles. The van der Waals surface area contributed by atoms with Gasteiger partial charge in [-0.1, -0.05) is 6.08 Å². The Kier molecular flexibility index (Phi) is 4.27. The summed E-state index contributed by atoms with van der Waals surface area (Å²) in [6.45, 7) is 5.66. The average Bonchev–Trinajstić information content (AvgIpc) is 1.85. The first kappa shape index (κ1) is 9.62. The lowest BCUT2D eigenvalue weighted by atomic mass is 10.3. The number of nitrogens with zero attached hydrogens (tertiary/aromatic N) is 2. The van der Waals surface area contributed by atoms with Crippen molar-refractivity contribution in [2.75, 3.05) is 21.1 Å². The van der Waals surface area contributed by atoms with Crippen LogP contribution in [0, 0.1) is 0 Å². The highest BCUT2D eigenvalue weighted by Gasteiger charge is 2.05. The average molecular weight is 144 g/mol. The molecule has 3 nitrogen and oxygen atoms in total. The van der Waals surface area contributed by atoms with Crippen molar-refractivity contribution >= 4 is 0 Å². The largest absolute Gasteiger partial charge is 0.209 e. The van der Waals surface area contributed by atoms with Gasteiger partial charge < -0.3 is 0 Å². The van der Waals surface area contributed by atoms with Crippen molar-refractivity contribution in [3.8, 4) is 0 Å². The van der Waals surface area contributed by atoms with Gasteiger partial charge in [0.2, 0.25) is 0 Å². The summed E-state index contributed by atoms with van der Waals surface area (Å²) < 4.78 is 0. The minimum atomic E-state index is 0.238. The zero-order chi connectivity index (χ0) is 8.15. The van der Waals surface area contributed by atoms with Crippen LogP contribution in [0.1, 0.15) is 6.92 Å². The first-order valence-electron chi connectivity index (χ1n) is 3.28. The first-order valence-corrected chi connectivity index (χ1v) is 3.28. The first-order chi connectivity index (χ1) is 4.57. The SMILES string of the molecule is C=CC(C)N(C)ON(C)C. The minimum Gasteiger partial charge on any atom is -0.209 e. The van der Waals surface area contributed by atoms with Crippen molar-refractivity contribution in [2.24, 2.45) is 0 Å². The molecular weight excluding hydrogens is 128 g/mol. The molecule has 0 rings (SSSR count). The second kappa shape index (κ2) is 4.44. The fraction of sp³-hybridized carbons (Fsp3) is 0.714. The van der Waals surface area contributed by atoms with Crippen LogP contribution in [-0.2, 0) is 4.94 Å². The molecular formula is C7H16N2O. The lowest BCUT2D eigenvalue weighted by Gasteiger charge is -2.23. The van der Waals surface area contributed by atoms with E-state index in [1.54, 1.807) is 10.1 Å². The van der Waals surface area contributed by atoms with Gasteiger partial charge in [0.25, 0.3) is 0 Å². The normalized spacial score (nSPS) is 14.2. The molecule has 0 fully saturated rings. The molecule has 0 saturated carbocycles. The second-order valence-electron chi connectivity index (χ2n) is 2.42. The van der Waals surface area contributed by atoms with Crippen LogP contribution < -0.4 is 0 Å². The Bertz CT molecular complexity index is 104. The summed E-state index contributed by atoms with van der Waals surface area (Å²) in [5.41, 5.74) is 0. The van der Waals surface area contributed by atoms with Gasteiger partial charge in [0, 0.05) is 21.1 Å². The molecule has 0 N–H and O–H groups in total. The molecule has 0 aromatic rings. The Morgan fingerprint density at radius 2 is 1.90 bits per heavy atom. The minimum absolute atomic E-state index is 0.238. The molecule has 1 atom stereocenters. The van der Waals surface area contributed by atoms with Crippen molar-refractivity contribution in [2.45, 2.75) is 13.0 Å². The lowest BCUT2D eigenvalue weighted by molar-refractivity contribution is -0.302. The molecule has 1 unspecified atom stereocenters. The highest BCUT2D eigenvalue weighted by atomic mass is 16.8. The fourth-order valence-corrected chi connectivity index (χ4v) is 0.480. The van der Waals surface area contributed by atoms with Crippen LogP contribution in [0.15, 0.2) is 12.7 Å².